The highest BCUT2D eigenvalue weighted by molar-refractivity contribution is 5.81. The SMILES string of the molecule is c1cc(C2CCCC2)ccc1-c1ccc(N(c2ccc(-c3ccc(C4CCCC4)cc3)cc2)c2ccc(-c3ccc(C4CCCC4)cc3)cc2)cc1. The van der Waals surface area contributed by atoms with Crippen molar-refractivity contribution in [2.75, 3.05) is 4.90 Å². The van der Waals surface area contributed by atoms with Crippen molar-refractivity contribution in [2.24, 2.45) is 0 Å². The van der Waals surface area contributed by atoms with Gasteiger partial charge in [-0.3, -0.25) is 0 Å². The van der Waals surface area contributed by atoms with E-state index >= 15 is 0 Å². The topological polar surface area (TPSA) is 3.24 Å². The fourth-order valence-corrected chi connectivity index (χ4v) is 9.48. The fourth-order valence-electron chi connectivity index (χ4n) is 9.48. The van der Waals surface area contributed by atoms with Gasteiger partial charge in [-0.2, -0.15) is 0 Å². The summed E-state index contributed by atoms with van der Waals surface area (Å²) in [5.41, 5.74) is 15.6. The average molecular weight is 678 g/mol. The van der Waals surface area contributed by atoms with E-state index in [-0.39, 0.29) is 0 Å². The molecule has 0 atom stereocenters. The minimum atomic E-state index is 0.746. The Bertz CT molecular complexity index is 1790. The van der Waals surface area contributed by atoms with Gasteiger partial charge in [0.1, 0.15) is 0 Å². The van der Waals surface area contributed by atoms with Crippen molar-refractivity contribution in [3.05, 3.63) is 162 Å². The highest BCUT2D eigenvalue weighted by atomic mass is 15.1. The molecule has 260 valence electrons. The molecule has 0 N–H and O–H groups in total. The van der Waals surface area contributed by atoms with Crippen LogP contribution >= 0.6 is 0 Å². The van der Waals surface area contributed by atoms with Gasteiger partial charge in [-0.15, -0.1) is 0 Å². The van der Waals surface area contributed by atoms with Gasteiger partial charge >= 0.3 is 0 Å². The third-order valence-electron chi connectivity index (χ3n) is 12.6. The average Bonchev–Trinajstić information content (AvgIpc) is 4.05. The molecule has 6 aromatic rings. The summed E-state index contributed by atoms with van der Waals surface area (Å²) in [5, 5.41) is 0. The Kier molecular flexibility index (Phi) is 9.52. The summed E-state index contributed by atoms with van der Waals surface area (Å²) in [4.78, 5) is 2.40. The Labute approximate surface area is 311 Å². The van der Waals surface area contributed by atoms with Gasteiger partial charge in [-0.25, -0.2) is 0 Å². The van der Waals surface area contributed by atoms with Gasteiger partial charge in [0.25, 0.3) is 0 Å². The Morgan fingerprint density at radius 2 is 0.442 bits per heavy atom. The van der Waals surface area contributed by atoms with E-state index in [4.69, 9.17) is 0 Å². The summed E-state index contributed by atoms with van der Waals surface area (Å²) in [6, 6.07) is 55.5. The van der Waals surface area contributed by atoms with Crippen molar-refractivity contribution in [2.45, 2.75) is 94.8 Å². The summed E-state index contributed by atoms with van der Waals surface area (Å²) in [5.74, 6) is 2.24. The smallest absolute Gasteiger partial charge is 0.0462 e. The number of hydrogen-bond acceptors (Lipinski definition) is 1. The lowest BCUT2D eigenvalue weighted by molar-refractivity contribution is 0.723. The lowest BCUT2D eigenvalue weighted by Gasteiger charge is -2.26. The molecule has 0 heterocycles. The Morgan fingerprint density at radius 3 is 0.654 bits per heavy atom. The number of rotatable bonds is 9. The van der Waals surface area contributed by atoms with Crippen molar-refractivity contribution in [1.29, 1.82) is 0 Å². The maximum atomic E-state index is 2.40. The Balaban J connectivity index is 0.997. The molecular weight excluding hydrogens is 627 g/mol. The largest absolute Gasteiger partial charge is 0.311 e. The molecule has 0 aromatic heterocycles. The zero-order valence-electron chi connectivity index (χ0n) is 30.5. The zero-order valence-corrected chi connectivity index (χ0v) is 30.5. The molecule has 1 heteroatoms. The molecule has 3 aliphatic rings. The van der Waals surface area contributed by atoms with Crippen LogP contribution in [-0.4, -0.2) is 0 Å². The molecule has 0 saturated heterocycles. The second-order valence-electron chi connectivity index (χ2n) is 15.8. The fraction of sp³-hybridized carbons (Fsp3) is 0.294. The second kappa shape index (κ2) is 15.0. The van der Waals surface area contributed by atoms with Crippen LogP contribution in [0.1, 0.15) is 111 Å². The van der Waals surface area contributed by atoms with Crippen molar-refractivity contribution in [1.82, 2.24) is 0 Å². The maximum Gasteiger partial charge on any atom is 0.0462 e. The Hall–Kier alpha value is -4.88. The maximum absolute atomic E-state index is 2.40. The number of nitrogens with zero attached hydrogens (tertiary/aromatic N) is 1. The highest BCUT2D eigenvalue weighted by Gasteiger charge is 2.20. The van der Waals surface area contributed by atoms with Crippen LogP contribution in [0.4, 0.5) is 17.1 Å². The Morgan fingerprint density at radius 1 is 0.250 bits per heavy atom. The number of benzene rings is 6. The molecule has 1 nitrogen and oxygen atoms in total. The first kappa shape index (κ1) is 33.0. The van der Waals surface area contributed by atoms with Crippen molar-refractivity contribution < 1.29 is 0 Å². The predicted octanol–water partition coefficient (Wildman–Crippen LogP) is 15.1. The third kappa shape index (κ3) is 6.99. The van der Waals surface area contributed by atoms with Crippen molar-refractivity contribution >= 4 is 17.1 Å². The predicted molar refractivity (Wildman–Crippen MR) is 221 cm³/mol. The standard InChI is InChI=1S/C51H51N/c1-2-8-37(7-1)40-13-19-43(20-14-40)46-25-31-49(32-26-46)52(50-33-27-47(28-34-50)44-21-15-41(16-22-44)38-9-3-4-10-38)51-35-29-48(30-36-51)45-23-17-42(18-24-45)39-11-5-6-12-39/h13-39H,1-12H2. The van der Waals surface area contributed by atoms with E-state index < -0.39 is 0 Å². The van der Waals surface area contributed by atoms with Crippen LogP contribution in [0.25, 0.3) is 33.4 Å². The monoisotopic (exact) mass is 677 g/mol. The normalized spacial score (nSPS) is 16.8. The van der Waals surface area contributed by atoms with Crippen LogP contribution in [0.2, 0.25) is 0 Å². The lowest BCUT2D eigenvalue weighted by Crippen LogP contribution is -2.09. The van der Waals surface area contributed by atoms with Crippen LogP contribution in [0.3, 0.4) is 0 Å². The number of anilines is 3. The molecule has 0 bridgehead atoms. The van der Waals surface area contributed by atoms with E-state index in [0.29, 0.717) is 0 Å². The van der Waals surface area contributed by atoms with Crippen LogP contribution in [0.15, 0.2) is 146 Å². The van der Waals surface area contributed by atoms with Gasteiger partial charge in [0.15, 0.2) is 0 Å². The molecule has 3 saturated carbocycles. The van der Waals surface area contributed by atoms with Crippen LogP contribution in [0.5, 0.6) is 0 Å². The molecule has 0 spiro atoms. The minimum absolute atomic E-state index is 0.746. The highest BCUT2D eigenvalue weighted by Crippen LogP contribution is 2.40. The summed E-state index contributed by atoms with van der Waals surface area (Å²) in [7, 11) is 0. The van der Waals surface area contributed by atoms with Gasteiger partial charge in [0.05, 0.1) is 0 Å². The molecule has 0 aliphatic heterocycles. The summed E-state index contributed by atoms with van der Waals surface area (Å²) in [6.07, 6.45) is 16.3. The van der Waals surface area contributed by atoms with Crippen LogP contribution < -0.4 is 4.90 Å². The van der Waals surface area contributed by atoms with E-state index in [1.807, 2.05) is 0 Å². The van der Waals surface area contributed by atoms with Crippen LogP contribution in [-0.2, 0) is 0 Å². The first-order valence-electron chi connectivity index (χ1n) is 20.2. The molecule has 52 heavy (non-hydrogen) atoms. The molecule has 0 amide bonds. The molecule has 0 unspecified atom stereocenters. The second-order valence-corrected chi connectivity index (χ2v) is 15.8. The van der Waals surface area contributed by atoms with E-state index in [1.165, 1.54) is 127 Å². The van der Waals surface area contributed by atoms with Crippen molar-refractivity contribution in [3.8, 4) is 33.4 Å². The number of hydrogen-bond donors (Lipinski definition) is 0. The van der Waals surface area contributed by atoms with Gasteiger partial charge in [0, 0.05) is 17.1 Å². The van der Waals surface area contributed by atoms with E-state index in [1.54, 1.807) is 0 Å². The zero-order chi connectivity index (χ0) is 34.7. The van der Waals surface area contributed by atoms with Crippen LogP contribution in [0, 0.1) is 0 Å². The summed E-state index contributed by atoms with van der Waals surface area (Å²) < 4.78 is 0. The van der Waals surface area contributed by atoms with E-state index in [2.05, 4.69) is 150 Å². The van der Waals surface area contributed by atoms with E-state index in [9.17, 15) is 0 Å². The van der Waals surface area contributed by atoms with E-state index in [0.717, 1.165) is 34.8 Å². The molecule has 3 fully saturated rings. The van der Waals surface area contributed by atoms with Gasteiger partial charge in [-0.1, -0.05) is 148 Å². The van der Waals surface area contributed by atoms with Gasteiger partial charge in [0.2, 0.25) is 0 Å². The molecule has 9 rings (SSSR count). The van der Waals surface area contributed by atoms with Crippen molar-refractivity contribution in [3.63, 3.8) is 0 Å². The summed E-state index contributed by atoms with van der Waals surface area (Å²) in [6.45, 7) is 0. The third-order valence-corrected chi connectivity index (χ3v) is 12.6. The molecule has 6 aromatic carbocycles. The van der Waals surface area contributed by atoms with Gasteiger partial charge < -0.3 is 4.90 Å². The summed E-state index contributed by atoms with van der Waals surface area (Å²) >= 11 is 0. The molecule has 3 aliphatic carbocycles. The first-order chi connectivity index (χ1) is 25.7. The first-order valence-corrected chi connectivity index (χ1v) is 20.2. The quantitative estimate of drug-likeness (QED) is 0.147. The van der Waals surface area contributed by atoms with Gasteiger partial charge in [-0.05, 0) is 143 Å². The lowest BCUT2D eigenvalue weighted by atomic mass is 9.95. The molecular formula is C51H51N. The molecule has 0 radical (unpaired) electrons. The minimum Gasteiger partial charge on any atom is -0.311 e.